The van der Waals surface area contributed by atoms with E-state index in [4.69, 9.17) is 5.73 Å². The van der Waals surface area contributed by atoms with Crippen LogP contribution in [0.5, 0.6) is 0 Å². The maximum Gasteiger partial charge on any atom is 0.165 e. The van der Waals surface area contributed by atoms with E-state index in [0.717, 1.165) is 31.9 Å². The lowest BCUT2D eigenvalue weighted by molar-refractivity contribution is 0.194. The van der Waals surface area contributed by atoms with Crippen LogP contribution >= 0.6 is 0 Å². The predicted molar refractivity (Wildman–Crippen MR) is 58.6 cm³/mol. The first-order chi connectivity index (χ1) is 7.83. The van der Waals surface area contributed by atoms with Crippen molar-refractivity contribution in [2.45, 2.75) is 44.3 Å². The van der Waals surface area contributed by atoms with Gasteiger partial charge in [-0.15, -0.1) is 5.10 Å². The minimum atomic E-state index is 0.319. The minimum absolute atomic E-state index is 0.319. The first-order valence-corrected chi connectivity index (χ1v) is 6.07. The Morgan fingerprint density at radius 2 is 2.19 bits per heavy atom. The molecule has 0 amide bonds. The number of tetrazole rings is 1. The van der Waals surface area contributed by atoms with Gasteiger partial charge in [-0.25, -0.2) is 4.68 Å². The van der Waals surface area contributed by atoms with Crippen molar-refractivity contribution in [3.63, 3.8) is 0 Å². The second-order valence-electron chi connectivity index (χ2n) is 4.91. The lowest BCUT2D eigenvalue weighted by Gasteiger charge is -2.29. The summed E-state index contributed by atoms with van der Waals surface area (Å²) in [7, 11) is 0. The Morgan fingerprint density at radius 3 is 2.94 bits per heavy atom. The van der Waals surface area contributed by atoms with Gasteiger partial charge in [0.05, 0.1) is 12.6 Å². The zero-order valence-corrected chi connectivity index (χ0v) is 9.42. The average Bonchev–Trinajstić information content (AvgIpc) is 3.00. The molecule has 2 aliphatic rings. The van der Waals surface area contributed by atoms with Crippen LogP contribution in [0.1, 0.15) is 37.5 Å². The number of aromatic nitrogens is 4. The largest absolute Gasteiger partial charge is 0.327 e. The Labute approximate surface area is 94.8 Å². The molecule has 2 heterocycles. The molecule has 0 bridgehead atoms. The quantitative estimate of drug-likeness (QED) is 0.775. The molecular formula is C10H18N6. The molecule has 0 unspecified atom stereocenters. The standard InChI is InChI=1S/C10H18N6/c11-8-2-1-5-15(6-8)7-10-12-13-14-16(10)9-3-4-9/h8-9H,1-7,11H2/t8-/m1/s1. The van der Waals surface area contributed by atoms with Crippen molar-refractivity contribution < 1.29 is 0 Å². The molecule has 1 saturated heterocycles. The zero-order valence-electron chi connectivity index (χ0n) is 9.42. The molecule has 0 radical (unpaired) electrons. The molecule has 3 rings (SSSR count). The summed E-state index contributed by atoms with van der Waals surface area (Å²) in [6.45, 7) is 2.93. The van der Waals surface area contributed by atoms with Crippen LogP contribution in [0, 0.1) is 0 Å². The van der Waals surface area contributed by atoms with Gasteiger partial charge in [0.1, 0.15) is 0 Å². The lowest BCUT2D eigenvalue weighted by Crippen LogP contribution is -2.42. The van der Waals surface area contributed by atoms with E-state index in [-0.39, 0.29) is 0 Å². The summed E-state index contributed by atoms with van der Waals surface area (Å²) in [5.74, 6) is 0.997. The third-order valence-corrected chi connectivity index (χ3v) is 3.36. The van der Waals surface area contributed by atoms with Crippen LogP contribution in [-0.4, -0.2) is 44.2 Å². The normalized spacial score (nSPS) is 27.2. The highest BCUT2D eigenvalue weighted by Gasteiger charge is 2.28. The molecule has 88 valence electrons. The average molecular weight is 222 g/mol. The van der Waals surface area contributed by atoms with E-state index < -0.39 is 0 Å². The van der Waals surface area contributed by atoms with Gasteiger partial charge < -0.3 is 5.73 Å². The Bertz CT molecular complexity index is 358. The van der Waals surface area contributed by atoms with Gasteiger partial charge in [0.25, 0.3) is 0 Å². The Balaban J connectivity index is 1.66. The SMILES string of the molecule is N[C@@H]1CCCN(Cc2nnnn2C2CC2)C1. The molecule has 16 heavy (non-hydrogen) atoms. The van der Waals surface area contributed by atoms with Gasteiger partial charge in [-0.05, 0) is 42.7 Å². The van der Waals surface area contributed by atoms with Crippen molar-refractivity contribution in [3.8, 4) is 0 Å². The molecule has 2 fully saturated rings. The fourth-order valence-corrected chi connectivity index (χ4v) is 2.35. The maximum atomic E-state index is 5.96. The molecule has 0 spiro atoms. The summed E-state index contributed by atoms with van der Waals surface area (Å²) in [6, 6.07) is 0.877. The zero-order chi connectivity index (χ0) is 11.0. The van der Waals surface area contributed by atoms with Gasteiger partial charge in [0, 0.05) is 12.6 Å². The minimum Gasteiger partial charge on any atom is -0.327 e. The van der Waals surface area contributed by atoms with Gasteiger partial charge in [-0.2, -0.15) is 0 Å². The molecule has 6 nitrogen and oxygen atoms in total. The molecule has 1 aliphatic carbocycles. The van der Waals surface area contributed by atoms with E-state index in [0.29, 0.717) is 12.1 Å². The summed E-state index contributed by atoms with van der Waals surface area (Å²) in [4.78, 5) is 2.36. The molecule has 0 aromatic carbocycles. The van der Waals surface area contributed by atoms with E-state index in [9.17, 15) is 0 Å². The van der Waals surface area contributed by atoms with E-state index in [1.807, 2.05) is 4.68 Å². The number of piperidine rings is 1. The monoisotopic (exact) mass is 222 g/mol. The van der Waals surface area contributed by atoms with E-state index >= 15 is 0 Å². The van der Waals surface area contributed by atoms with Gasteiger partial charge >= 0.3 is 0 Å². The van der Waals surface area contributed by atoms with Crippen molar-refractivity contribution in [3.05, 3.63) is 5.82 Å². The van der Waals surface area contributed by atoms with E-state index in [1.54, 1.807) is 0 Å². The van der Waals surface area contributed by atoms with Crippen molar-refractivity contribution in [1.82, 2.24) is 25.1 Å². The number of nitrogens with zero attached hydrogens (tertiary/aromatic N) is 5. The number of hydrogen-bond donors (Lipinski definition) is 1. The Morgan fingerprint density at radius 1 is 1.31 bits per heavy atom. The maximum absolute atomic E-state index is 5.96. The van der Waals surface area contributed by atoms with Crippen LogP contribution in [0.3, 0.4) is 0 Å². The summed E-state index contributed by atoms with van der Waals surface area (Å²) >= 11 is 0. The molecule has 6 heteroatoms. The van der Waals surface area contributed by atoms with Crippen LogP contribution in [-0.2, 0) is 6.54 Å². The van der Waals surface area contributed by atoms with E-state index in [1.165, 1.54) is 19.3 Å². The van der Waals surface area contributed by atoms with Crippen LogP contribution in [0.2, 0.25) is 0 Å². The molecular weight excluding hydrogens is 204 g/mol. The molecule has 1 saturated carbocycles. The van der Waals surface area contributed by atoms with Crippen molar-refractivity contribution in [2.24, 2.45) is 5.73 Å². The Kier molecular flexibility index (Phi) is 2.61. The lowest BCUT2D eigenvalue weighted by atomic mass is 10.1. The van der Waals surface area contributed by atoms with E-state index in [2.05, 4.69) is 20.4 Å². The summed E-state index contributed by atoms with van der Waals surface area (Å²) in [5.41, 5.74) is 5.96. The summed E-state index contributed by atoms with van der Waals surface area (Å²) in [6.07, 6.45) is 4.77. The molecule has 2 N–H and O–H groups in total. The molecule has 1 atom stereocenters. The highest BCUT2D eigenvalue weighted by Crippen LogP contribution is 2.34. The first-order valence-electron chi connectivity index (χ1n) is 6.07. The smallest absolute Gasteiger partial charge is 0.165 e. The highest BCUT2D eigenvalue weighted by atomic mass is 15.6. The summed E-state index contributed by atoms with van der Waals surface area (Å²) < 4.78 is 1.99. The number of likely N-dealkylation sites (tertiary alicyclic amines) is 1. The molecule has 1 aliphatic heterocycles. The van der Waals surface area contributed by atoms with Gasteiger partial charge in [0.2, 0.25) is 0 Å². The molecule has 1 aromatic heterocycles. The van der Waals surface area contributed by atoms with Gasteiger partial charge in [-0.1, -0.05) is 0 Å². The first kappa shape index (κ1) is 10.2. The predicted octanol–water partition coefficient (Wildman–Crippen LogP) is -0.0689. The fraction of sp³-hybridized carbons (Fsp3) is 0.900. The van der Waals surface area contributed by atoms with Crippen molar-refractivity contribution >= 4 is 0 Å². The molecule has 1 aromatic rings. The number of hydrogen-bond acceptors (Lipinski definition) is 5. The van der Waals surface area contributed by atoms with Crippen molar-refractivity contribution in [1.29, 1.82) is 0 Å². The Hall–Kier alpha value is -1.01. The van der Waals surface area contributed by atoms with Crippen LogP contribution in [0.15, 0.2) is 0 Å². The second-order valence-corrected chi connectivity index (χ2v) is 4.91. The second kappa shape index (κ2) is 4.10. The third kappa shape index (κ3) is 2.08. The van der Waals surface area contributed by atoms with Gasteiger partial charge in [-0.3, -0.25) is 4.90 Å². The summed E-state index contributed by atoms with van der Waals surface area (Å²) in [5, 5.41) is 11.9. The van der Waals surface area contributed by atoms with Crippen molar-refractivity contribution in [2.75, 3.05) is 13.1 Å². The fourth-order valence-electron chi connectivity index (χ4n) is 2.35. The van der Waals surface area contributed by atoms with Crippen LogP contribution in [0.4, 0.5) is 0 Å². The van der Waals surface area contributed by atoms with Gasteiger partial charge in [0.15, 0.2) is 5.82 Å². The highest BCUT2D eigenvalue weighted by molar-refractivity contribution is 4.91. The number of nitrogens with two attached hydrogens (primary N) is 1. The topological polar surface area (TPSA) is 72.9 Å². The van der Waals surface area contributed by atoms with Crippen LogP contribution < -0.4 is 5.73 Å². The van der Waals surface area contributed by atoms with Crippen LogP contribution in [0.25, 0.3) is 0 Å². The number of rotatable bonds is 3. The third-order valence-electron chi connectivity index (χ3n) is 3.36.